The molecule has 0 bridgehead atoms. The third-order valence-electron chi connectivity index (χ3n) is 3.35. The summed E-state index contributed by atoms with van der Waals surface area (Å²) in [6.45, 7) is 2.13. The number of hydrogen-bond acceptors (Lipinski definition) is 2. The van der Waals surface area contributed by atoms with Gasteiger partial charge in [-0.25, -0.2) is 0 Å². The van der Waals surface area contributed by atoms with E-state index in [2.05, 4.69) is 30.0 Å². The molecule has 1 aliphatic rings. The van der Waals surface area contributed by atoms with Crippen molar-refractivity contribution in [3.8, 4) is 0 Å². The van der Waals surface area contributed by atoms with Crippen LogP contribution < -0.4 is 4.90 Å². The Balaban J connectivity index is 2.23. The molecule has 86 valence electrons. The van der Waals surface area contributed by atoms with Crippen molar-refractivity contribution in [2.75, 3.05) is 11.9 Å². The van der Waals surface area contributed by atoms with E-state index in [1.54, 1.807) is 0 Å². The number of carbonyl (C=O) groups is 1. The van der Waals surface area contributed by atoms with E-state index in [1.165, 1.54) is 16.8 Å². The number of fused-ring (bicyclic) bond motifs is 1. The Morgan fingerprint density at radius 1 is 1.56 bits per heavy atom. The van der Waals surface area contributed by atoms with Crippen LogP contribution in [0.4, 0.5) is 5.69 Å². The number of carboxylic acid groups (broad SMARTS) is 1. The Labute approximate surface area is 95.7 Å². The molecule has 0 aromatic heterocycles. The SMILES string of the molecule is CCc1ccc2c(c1)CC(CC(=O)O)N2C. The molecule has 0 aliphatic carbocycles. The van der Waals surface area contributed by atoms with Crippen molar-refractivity contribution in [2.45, 2.75) is 32.2 Å². The van der Waals surface area contributed by atoms with Gasteiger partial charge in [-0.3, -0.25) is 4.79 Å². The molecule has 0 radical (unpaired) electrons. The predicted octanol–water partition coefficient (Wildman–Crippen LogP) is 2.08. The van der Waals surface area contributed by atoms with Gasteiger partial charge in [0.2, 0.25) is 0 Å². The number of nitrogens with zero attached hydrogens (tertiary/aromatic N) is 1. The lowest BCUT2D eigenvalue weighted by atomic mass is 10.0. The van der Waals surface area contributed by atoms with Gasteiger partial charge in [0.15, 0.2) is 0 Å². The molecule has 1 aromatic carbocycles. The first-order chi connectivity index (χ1) is 7.61. The average molecular weight is 219 g/mol. The molecule has 1 aromatic rings. The van der Waals surface area contributed by atoms with Crippen LogP contribution in [0.15, 0.2) is 18.2 Å². The Morgan fingerprint density at radius 3 is 2.94 bits per heavy atom. The van der Waals surface area contributed by atoms with Crippen LogP contribution in [0.3, 0.4) is 0 Å². The van der Waals surface area contributed by atoms with Gasteiger partial charge in [-0.2, -0.15) is 0 Å². The summed E-state index contributed by atoms with van der Waals surface area (Å²) < 4.78 is 0. The molecule has 1 N–H and O–H groups in total. The Bertz CT molecular complexity index is 414. The van der Waals surface area contributed by atoms with Crippen LogP contribution in [0, 0.1) is 0 Å². The standard InChI is InChI=1S/C13H17NO2/c1-3-9-4-5-12-10(6-9)7-11(14(12)2)8-13(15)16/h4-6,11H,3,7-8H2,1-2H3,(H,15,16). The third-order valence-corrected chi connectivity index (χ3v) is 3.35. The molecule has 1 aliphatic heterocycles. The number of aryl methyl sites for hydroxylation is 1. The molecule has 16 heavy (non-hydrogen) atoms. The quantitative estimate of drug-likeness (QED) is 0.846. The zero-order valence-electron chi connectivity index (χ0n) is 9.73. The number of carboxylic acids is 1. The van der Waals surface area contributed by atoms with Crippen LogP contribution >= 0.6 is 0 Å². The topological polar surface area (TPSA) is 40.5 Å². The van der Waals surface area contributed by atoms with Gasteiger partial charge in [-0.15, -0.1) is 0 Å². The number of hydrogen-bond donors (Lipinski definition) is 1. The van der Waals surface area contributed by atoms with Crippen molar-refractivity contribution in [2.24, 2.45) is 0 Å². The van der Waals surface area contributed by atoms with Crippen LogP contribution in [-0.2, 0) is 17.6 Å². The summed E-state index contributed by atoms with van der Waals surface area (Å²) in [5.41, 5.74) is 3.79. The molecule has 3 heteroatoms. The van der Waals surface area contributed by atoms with Gasteiger partial charge in [-0.05, 0) is 30.0 Å². The zero-order valence-corrected chi connectivity index (χ0v) is 9.73. The van der Waals surface area contributed by atoms with Crippen LogP contribution in [-0.4, -0.2) is 24.2 Å². The van der Waals surface area contributed by atoms with Crippen molar-refractivity contribution < 1.29 is 9.90 Å². The second kappa shape index (κ2) is 4.16. The van der Waals surface area contributed by atoms with Crippen molar-refractivity contribution in [3.05, 3.63) is 29.3 Å². The summed E-state index contributed by atoms with van der Waals surface area (Å²) in [6, 6.07) is 6.54. The molecule has 0 spiro atoms. The Kier molecular flexibility index (Phi) is 2.86. The van der Waals surface area contributed by atoms with Gasteiger partial charge in [0.25, 0.3) is 0 Å². The smallest absolute Gasteiger partial charge is 0.305 e. The van der Waals surface area contributed by atoms with E-state index in [1.807, 2.05) is 7.05 Å². The summed E-state index contributed by atoms with van der Waals surface area (Å²) in [5, 5.41) is 8.84. The Morgan fingerprint density at radius 2 is 2.31 bits per heavy atom. The Hall–Kier alpha value is -1.51. The van der Waals surface area contributed by atoms with E-state index in [9.17, 15) is 4.79 Å². The molecule has 1 atom stereocenters. The highest BCUT2D eigenvalue weighted by atomic mass is 16.4. The van der Waals surface area contributed by atoms with Crippen molar-refractivity contribution >= 4 is 11.7 Å². The first kappa shape index (κ1) is 11.0. The largest absolute Gasteiger partial charge is 0.481 e. The molecule has 0 saturated heterocycles. The van der Waals surface area contributed by atoms with E-state index >= 15 is 0 Å². The van der Waals surface area contributed by atoms with Crippen LogP contribution in [0.25, 0.3) is 0 Å². The molecule has 0 saturated carbocycles. The highest BCUT2D eigenvalue weighted by molar-refractivity contribution is 5.70. The fraction of sp³-hybridized carbons (Fsp3) is 0.462. The highest BCUT2D eigenvalue weighted by Crippen LogP contribution is 2.32. The van der Waals surface area contributed by atoms with E-state index in [-0.39, 0.29) is 12.5 Å². The molecular formula is C13H17NO2. The summed E-state index contributed by atoms with van der Waals surface area (Å²) in [7, 11) is 1.98. The second-order valence-electron chi connectivity index (χ2n) is 4.38. The molecule has 0 fully saturated rings. The van der Waals surface area contributed by atoms with E-state index in [0.29, 0.717) is 0 Å². The predicted molar refractivity (Wildman–Crippen MR) is 64.0 cm³/mol. The maximum Gasteiger partial charge on any atom is 0.305 e. The number of benzene rings is 1. The molecule has 3 nitrogen and oxygen atoms in total. The fourth-order valence-electron chi connectivity index (χ4n) is 2.36. The summed E-state index contributed by atoms with van der Waals surface area (Å²) in [5.74, 6) is -0.722. The number of rotatable bonds is 3. The highest BCUT2D eigenvalue weighted by Gasteiger charge is 2.27. The minimum Gasteiger partial charge on any atom is -0.481 e. The maximum atomic E-state index is 10.7. The van der Waals surface area contributed by atoms with Crippen LogP contribution in [0.1, 0.15) is 24.5 Å². The first-order valence-corrected chi connectivity index (χ1v) is 5.68. The number of anilines is 1. The summed E-state index contributed by atoms with van der Waals surface area (Å²) in [6.07, 6.45) is 2.10. The van der Waals surface area contributed by atoms with Crippen molar-refractivity contribution in [1.29, 1.82) is 0 Å². The summed E-state index contributed by atoms with van der Waals surface area (Å²) >= 11 is 0. The van der Waals surface area contributed by atoms with Gasteiger partial charge in [0.05, 0.1) is 6.42 Å². The minimum atomic E-state index is -0.722. The van der Waals surface area contributed by atoms with Crippen molar-refractivity contribution in [3.63, 3.8) is 0 Å². The number of likely N-dealkylation sites (N-methyl/N-ethyl adjacent to an activating group) is 1. The fourth-order valence-corrected chi connectivity index (χ4v) is 2.36. The van der Waals surface area contributed by atoms with Crippen LogP contribution in [0.5, 0.6) is 0 Å². The maximum absolute atomic E-state index is 10.7. The second-order valence-corrected chi connectivity index (χ2v) is 4.38. The molecular weight excluding hydrogens is 202 g/mol. The molecule has 1 unspecified atom stereocenters. The zero-order chi connectivity index (χ0) is 11.7. The van der Waals surface area contributed by atoms with Gasteiger partial charge in [0.1, 0.15) is 0 Å². The number of aliphatic carboxylic acids is 1. The lowest BCUT2D eigenvalue weighted by Gasteiger charge is -2.20. The van der Waals surface area contributed by atoms with Gasteiger partial charge in [-0.1, -0.05) is 19.1 Å². The third kappa shape index (κ3) is 1.90. The van der Waals surface area contributed by atoms with Crippen LogP contribution in [0.2, 0.25) is 0 Å². The van der Waals surface area contributed by atoms with E-state index < -0.39 is 5.97 Å². The van der Waals surface area contributed by atoms with Gasteiger partial charge in [0, 0.05) is 18.8 Å². The molecule has 0 amide bonds. The minimum absolute atomic E-state index is 0.111. The average Bonchev–Trinajstić information content (AvgIpc) is 2.54. The molecule has 2 rings (SSSR count). The normalized spacial score (nSPS) is 18.6. The van der Waals surface area contributed by atoms with Gasteiger partial charge >= 0.3 is 5.97 Å². The molecule has 1 heterocycles. The lowest BCUT2D eigenvalue weighted by Crippen LogP contribution is -2.30. The van der Waals surface area contributed by atoms with E-state index in [0.717, 1.165) is 12.8 Å². The first-order valence-electron chi connectivity index (χ1n) is 5.68. The van der Waals surface area contributed by atoms with E-state index in [4.69, 9.17) is 5.11 Å². The van der Waals surface area contributed by atoms with Crippen molar-refractivity contribution in [1.82, 2.24) is 0 Å². The summed E-state index contributed by atoms with van der Waals surface area (Å²) in [4.78, 5) is 12.8. The lowest BCUT2D eigenvalue weighted by molar-refractivity contribution is -0.137. The monoisotopic (exact) mass is 219 g/mol. The van der Waals surface area contributed by atoms with Gasteiger partial charge < -0.3 is 10.0 Å².